The zero-order valence-electron chi connectivity index (χ0n) is 17.7. The molecule has 1 heterocycles. The molecule has 1 amide bonds. The smallest absolute Gasteiger partial charge is 0.497 e. The molecule has 0 fully saturated rings. The van der Waals surface area contributed by atoms with Crippen LogP contribution in [0.1, 0.15) is 22.2 Å². The Morgan fingerprint density at radius 3 is 2.35 bits per heavy atom. The average molecular weight is 515 g/mol. The van der Waals surface area contributed by atoms with Crippen molar-refractivity contribution in [3.63, 3.8) is 0 Å². The third-order valence-corrected chi connectivity index (χ3v) is 5.99. The fourth-order valence-electron chi connectivity index (χ4n) is 2.93. The van der Waals surface area contributed by atoms with E-state index in [0.29, 0.717) is 11.3 Å². The minimum atomic E-state index is -4.94. The molecule has 0 aliphatic carbocycles. The lowest BCUT2D eigenvalue weighted by Crippen LogP contribution is -2.40. The predicted octanol–water partition coefficient (Wildman–Crippen LogP) is 4.53. The number of methoxy groups -OCH3 is 1. The average Bonchev–Trinajstić information content (AvgIpc) is 3.15. The Morgan fingerprint density at radius 2 is 1.82 bits per heavy atom. The first-order valence-corrected chi connectivity index (χ1v) is 10.7. The Kier molecular flexibility index (Phi) is 7.22. The Hall–Kier alpha value is -3.51. The molecule has 180 valence electrons. The molecule has 0 bridgehead atoms. The number of primary amides is 1. The third kappa shape index (κ3) is 5.51. The van der Waals surface area contributed by atoms with E-state index in [9.17, 15) is 22.8 Å². The second-order valence-electron chi connectivity index (χ2n) is 6.88. The molecule has 1 aromatic heterocycles. The van der Waals surface area contributed by atoms with Gasteiger partial charge in [-0.2, -0.15) is 0 Å². The lowest BCUT2D eigenvalue weighted by atomic mass is 10.1. The van der Waals surface area contributed by atoms with Gasteiger partial charge < -0.3 is 25.8 Å². The van der Waals surface area contributed by atoms with E-state index in [-0.39, 0.29) is 26.5 Å². The van der Waals surface area contributed by atoms with Gasteiger partial charge >= 0.3 is 6.36 Å². The maximum atomic E-state index is 13.0. The van der Waals surface area contributed by atoms with E-state index in [1.807, 2.05) is 0 Å². The number of amides is 1. The van der Waals surface area contributed by atoms with Gasteiger partial charge in [-0.3, -0.25) is 9.59 Å². The summed E-state index contributed by atoms with van der Waals surface area (Å²) in [6, 6.07) is 8.72. The molecular weight excluding hydrogens is 497 g/mol. The van der Waals surface area contributed by atoms with Crippen LogP contribution in [0.2, 0.25) is 5.02 Å². The number of alkyl halides is 3. The molecule has 1 unspecified atom stereocenters. The number of aromatic nitrogens is 1. The molecule has 3 rings (SSSR count). The molecule has 4 N–H and O–H groups in total. The van der Waals surface area contributed by atoms with Crippen molar-refractivity contribution in [2.24, 2.45) is 5.73 Å². The zero-order chi connectivity index (χ0) is 25.2. The topological polar surface area (TPSA) is 121 Å². The summed E-state index contributed by atoms with van der Waals surface area (Å²) in [4.78, 5) is 30.6. The lowest BCUT2D eigenvalue weighted by Gasteiger charge is -2.27. The molecule has 0 spiro atoms. The zero-order valence-corrected chi connectivity index (χ0v) is 19.3. The Balaban J connectivity index is 2.01. The molecule has 0 saturated heterocycles. The van der Waals surface area contributed by atoms with Gasteiger partial charge in [0.25, 0.3) is 0 Å². The van der Waals surface area contributed by atoms with Crippen molar-refractivity contribution in [2.75, 3.05) is 17.7 Å². The van der Waals surface area contributed by atoms with E-state index in [1.165, 1.54) is 25.0 Å². The predicted molar refractivity (Wildman–Crippen MR) is 122 cm³/mol. The highest BCUT2D eigenvalue weighted by molar-refractivity contribution is 7.18. The molecule has 0 radical (unpaired) electrons. The number of rotatable bonds is 8. The van der Waals surface area contributed by atoms with Crippen LogP contribution in [0, 0.1) is 0 Å². The summed E-state index contributed by atoms with van der Waals surface area (Å²) in [6.07, 6.45) is -4.94. The molecule has 3 aromatic rings. The van der Waals surface area contributed by atoms with Gasteiger partial charge in [-0.05, 0) is 49.4 Å². The van der Waals surface area contributed by atoms with Crippen LogP contribution < -0.4 is 25.8 Å². The molecule has 0 aliphatic heterocycles. The number of ether oxygens (including phenoxy) is 2. The van der Waals surface area contributed by atoms with Crippen LogP contribution in [-0.4, -0.2) is 36.2 Å². The summed E-state index contributed by atoms with van der Waals surface area (Å²) < 4.78 is 46.7. The number of carbonyl (C=O) groups excluding carboxylic acids is 2. The van der Waals surface area contributed by atoms with Gasteiger partial charge in [0.05, 0.1) is 12.1 Å². The summed E-state index contributed by atoms with van der Waals surface area (Å²) in [5, 5.41) is -0.253. The fourth-order valence-corrected chi connectivity index (χ4v) is 4.20. The van der Waals surface area contributed by atoms with Crippen LogP contribution in [0.4, 0.5) is 29.8 Å². The van der Waals surface area contributed by atoms with Crippen LogP contribution in [0.5, 0.6) is 11.5 Å². The van der Waals surface area contributed by atoms with E-state index in [0.717, 1.165) is 23.5 Å². The molecular formula is C21H18ClF3N4O4S. The number of hydrogen-bond acceptors (Lipinski definition) is 8. The van der Waals surface area contributed by atoms with Crippen molar-refractivity contribution >= 4 is 51.3 Å². The number of nitrogen functional groups attached to an aromatic ring is 1. The van der Waals surface area contributed by atoms with Crippen molar-refractivity contribution in [2.45, 2.75) is 19.3 Å². The van der Waals surface area contributed by atoms with Crippen molar-refractivity contribution in [1.82, 2.24) is 4.98 Å². The minimum Gasteiger partial charge on any atom is -0.497 e. The standard InChI is InChI=1S/C21H18ClF3N4O4S/c1-10(19(27)31)29(12-5-8-15(14(22)9-12)33-21(23,24)25)20-28-18(26)17(34-20)16(30)11-3-6-13(32-2)7-4-11/h3-10H,26H2,1-2H3,(H2,27,31). The monoisotopic (exact) mass is 514 g/mol. The van der Waals surface area contributed by atoms with Crippen molar-refractivity contribution < 1.29 is 32.2 Å². The SMILES string of the molecule is COc1ccc(C(=O)c2sc(N(c3ccc(OC(F)(F)F)c(Cl)c3)C(C)C(N)=O)nc2N)cc1. The first kappa shape index (κ1) is 25.1. The number of hydrogen-bond donors (Lipinski definition) is 2. The maximum Gasteiger partial charge on any atom is 0.573 e. The second kappa shape index (κ2) is 9.77. The van der Waals surface area contributed by atoms with Crippen LogP contribution in [0.15, 0.2) is 42.5 Å². The van der Waals surface area contributed by atoms with Crippen LogP contribution in [0.25, 0.3) is 0 Å². The molecule has 34 heavy (non-hydrogen) atoms. The van der Waals surface area contributed by atoms with E-state index >= 15 is 0 Å². The highest BCUT2D eigenvalue weighted by Gasteiger charge is 2.33. The molecule has 0 aliphatic rings. The number of nitrogens with zero attached hydrogens (tertiary/aromatic N) is 2. The van der Waals surface area contributed by atoms with Gasteiger partial charge in [0.2, 0.25) is 11.7 Å². The minimum absolute atomic E-state index is 0.0920. The number of halogens is 4. The molecule has 1 atom stereocenters. The number of thiazole rings is 1. The molecule has 0 saturated carbocycles. The molecule has 8 nitrogen and oxygen atoms in total. The summed E-state index contributed by atoms with van der Waals surface area (Å²) >= 11 is 6.86. The third-order valence-electron chi connectivity index (χ3n) is 4.62. The van der Waals surface area contributed by atoms with Gasteiger partial charge in [-0.25, -0.2) is 4.98 Å². The molecule has 2 aromatic carbocycles. The van der Waals surface area contributed by atoms with Gasteiger partial charge in [0, 0.05) is 11.3 Å². The van der Waals surface area contributed by atoms with Gasteiger partial charge in [-0.1, -0.05) is 22.9 Å². The number of anilines is 3. The summed E-state index contributed by atoms with van der Waals surface area (Å²) in [5.74, 6) is -1.33. The molecule has 13 heteroatoms. The lowest BCUT2D eigenvalue weighted by molar-refractivity contribution is -0.274. The van der Waals surface area contributed by atoms with Crippen LogP contribution >= 0.6 is 22.9 Å². The van der Waals surface area contributed by atoms with E-state index in [1.54, 1.807) is 24.3 Å². The number of nitrogens with two attached hydrogens (primary N) is 2. The normalized spacial score (nSPS) is 12.2. The summed E-state index contributed by atoms with van der Waals surface area (Å²) in [5.41, 5.74) is 12.0. The van der Waals surface area contributed by atoms with Gasteiger partial charge in [-0.15, -0.1) is 13.2 Å². The second-order valence-corrected chi connectivity index (χ2v) is 8.26. The number of carbonyl (C=O) groups is 2. The Labute approximate surface area is 200 Å². The van der Waals surface area contributed by atoms with Gasteiger partial charge in [0.1, 0.15) is 28.2 Å². The largest absolute Gasteiger partial charge is 0.573 e. The maximum absolute atomic E-state index is 13.0. The number of ketones is 1. The van der Waals surface area contributed by atoms with Crippen molar-refractivity contribution in [1.29, 1.82) is 0 Å². The van der Waals surface area contributed by atoms with Crippen LogP contribution in [-0.2, 0) is 4.79 Å². The summed E-state index contributed by atoms with van der Waals surface area (Å²) in [7, 11) is 1.49. The van der Waals surface area contributed by atoms with E-state index in [2.05, 4.69) is 9.72 Å². The van der Waals surface area contributed by atoms with Crippen molar-refractivity contribution in [3.8, 4) is 11.5 Å². The Morgan fingerprint density at radius 1 is 1.18 bits per heavy atom. The first-order chi connectivity index (χ1) is 15.9. The van der Waals surface area contributed by atoms with E-state index < -0.39 is 29.8 Å². The fraction of sp³-hybridized carbons (Fsp3) is 0.190. The summed E-state index contributed by atoms with van der Waals surface area (Å²) in [6.45, 7) is 1.46. The number of benzene rings is 2. The first-order valence-electron chi connectivity index (χ1n) is 9.50. The van der Waals surface area contributed by atoms with Gasteiger partial charge in [0.15, 0.2) is 5.13 Å². The Bertz CT molecular complexity index is 1220. The van der Waals surface area contributed by atoms with E-state index in [4.69, 9.17) is 27.8 Å². The quantitative estimate of drug-likeness (QED) is 0.424. The highest BCUT2D eigenvalue weighted by Crippen LogP contribution is 2.39. The van der Waals surface area contributed by atoms with Crippen LogP contribution in [0.3, 0.4) is 0 Å². The highest BCUT2D eigenvalue weighted by atomic mass is 35.5. The van der Waals surface area contributed by atoms with Crippen molar-refractivity contribution in [3.05, 3.63) is 57.9 Å².